The van der Waals surface area contributed by atoms with Gasteiger partial charge in [-0.05, 0) is 60.5 Å². The molecule has 0 spiro atoms. The molecule has 2 amide bonds. The number of methoxy groups -OCH3 is 2. The van der Waals surface area contributed by atoms with E-state index in [9.17, 15) is 9.59 Å². The number of carbonyl (C=O) groups is 2. The Labute approximate surface area is 198 Å². The fourth-order valence-electron chi connectivity index (χ4n) is 2.97. The zero-order valence-corrected chi connectivity index (χ0v) is 19.3. The Bertz CT molecular complexity index is 1120. The maximum absolute atomic E-state index is 12.6. The SMILES string of the molecule is CCCOc1ccc(C(=O)NNC(=O)c2ccc(OCc3ccncc3)c(OC)c2)cc1OC. The van der Waals surface area contributed by atoms with Gasteiger partial charge in [-0.2, -0.15) is 0 Å². The second-order valence-electron chi connectivity index (χ2n) is 7.13. The molecule has 2 aromatic carbocycles. The average Bonchev–Trinajstić information content (AvgIpc) is 2.89. The average molecular weight is 466 g/mol. The second-order valence-corrected chi connectivity index (χ2v) is 7.13. The molecule has 0 saturated heterocycles. The van der Waals surface area contributed by atoms with Gasteiger partial charge in [-0.15, -0.1) is 0 Å². The van der Waals surface area contributed by atoms with E-state index in [1.54, 1.807) is 42.7 Å². The van der Waals surface area contributed by atoms with E-state index in [4.69, 9.17) is 18.9 Å². The van der Waals surface area contributed by atoms with Crippen molar-refractivity contribution in [3.8, 4) is 23.0 Å². The molecule has 0 unspecified atom stereocenters. The second kappa shape index (κ2) is 12.1. The highest BCUT2D eigenvalue weighted by atomic mass is 16.5. The topological polar surface area (TPSA) is 108 Å². The van der Waals surface area contributed by atoms with Crippen LogP contribution in [-0.4, -0.2) is 37.6 Å². The van der Waals surface area contributed by atoms with Gasteiger partial charge in [0.1, 0.15) is 6.61 Å². The molecule has 0 aliphatic heterocycles. The summed E-state index contributed by atoms with van der Waals surface area (Å²) >= 11 is 0. The number of aromatic nitrogens is 1. The van der Waals surface area contributed by atoms with Gasteiger partial charge in [-0.25, -0.2) is 0 Å². The van der Waals surface area contributed by atoms with Crippen molar-refractivity contribution >= 4 is 11.8 Å². The van der Waals surface area contributed by atoms with Crippen molar-refractivity contribution in [2.45, 2.75) is 20.0 Å². The third-order valence-electron chi connectivity index (χ3n) is 4.75. The quantitative estimate of drug-likeness (QED) is 0.441. The minimum atomic E-state index is -0.512. The van der Waals surface area contributed by atoms with Crippen LogP contribution in [0.1, 0.15) is 39.6 Å². The smallest absolute Gasteiger partial charge is 0.269 e. The monoisotopic (exact) mass is 465 g/mol. The molecule has 9 nitrogen and oxygen atoms in total. The predicted octanol–water partition coefficient (Wildman–Crippen LogP) is 3.54. The number of rotatable bonds is 10. The van der Waals surface area contributed by atoms with Crippen LogP contribution >= 0.6 is 0 Å². The number of nitrogens with zero attached hydrogens (tertiary/aromatic N) is 1. The Morgan fingerprint density at radius 1 is 0.765 bits per heavy atom. The number of carbonyl (C=O) groups excluding carboxylic acids is 2. The summed E-state index contributed by atoms with van der Waals surface area (Å²) in [5, 5.41) is 0. The predicted molar refractivity (Wildman–Crippen MR) is 125 cm³/mol. The van der Waals surface area contributed by atoms with E-state index < -0.39 is 11.8 Å². The molecule has 0 saturated carbocycles. The molecule has 0 atom stereocenters. The van der Waals surface area contributed by atoms with Gasteiger partial charge in [0.05, 0.1) is 20.8 Å². The molecule has 178 valence electrons. The van der Waals surface area contributed by atoms with Crippen molar-refractivity contribution in [3.63, 3.8) is 0 Å². The van der Waals surface area contributed by atoms with Crippen LogP contribution in [0, 0.1) is 0 Å². The van der Waals surface area contributed by atoms with Crippen LogP contribution in [0.2, 0.25) is 0 Å². The number of nitrogens with one attached hydrogen (secondary N) is 2. The number of hydrazine groups is 1. The first-order valence-electron chi connectivity index (χ1n) is 10.7. The lowest BCUT2D eigenvalue weighted by molar-refractivity contribution is 0.0846. The number of hydrogen-bond acceptors (Lipinski definition) is 7. The van der Waals surface area contributed by atoms with Crippen LogP contribution in [0.4, 0.5) is 0 Å². The van der Waals surface area contributed by atoms with E-state index in [0.717, 1.165) is 12.0 Å². The van der Waals surface area contributed by atoms with Gasteiger partial charge in [-0.1, -0.05) is 6.92 Å². The van der Waals surface area contributed by atoms with E-state index >= 15 is 0 Å². The molecule has 3 rings (SSSR count). The van der Waals surface area contributed by atoms with Gasteiger partial charge in [-0.3, -0.25) is 25.4 Å². The molecule has 0 radical (unpaired) electrons. The Balaban J connectivity index is 1.61. The summed E-state index contributed by atoms with van der Waals surface area (Å²) in [6.07, 6.45) is 4.21. The first-order chi connectivity index (χ1) is 16.5. The van der Waals surface area contributed by atoms with Crippen LogP contribution in [0.25, 0.3) is 0 Å². The van der Waals surface area contributed by atoms with E-state index in [-0.39, 0.29) is 5.56 Å². The van der Waals surface area contributed by atoms with Crippen LogP contribution in [-0.2, 0) is 6.61 Å². The largest absolute Gasteiger partial charge is 0.493 e. The molecule has 0 fully saturated rings. The molecule has 1 heterocycles. The van der Waals surface area contributed by atoms with E-state index in [1.165, 1.54) is 20.3 Å². The van der Waals surface area contributed by atoms with Crippen molar-refractivity contribution in [1.82, 2.24) is 15.8 Å². The Morgan fingerprint density at radius 2 is 1.29 bits per heavy atom. The van der Waals surface area contributed by atoms with Crippen LogP contribution in [0.3, 0.4) is 0 Å². The molecule has 2 N–H and O–H groups in total. The molecule has 9 heteroatoms. The summed E-state index contributed by atoms with van der Waals surface area (Å²) in [5.41, 5.74) is 6.33. The molecular weight excluding hydrogens is 438 g/mol. The lowest BCUT2D eigenvalue weighted by Gasteiger charge is -2.13. The van der Waals surface area contributed by atoms with Crippen LogP contribution in [0.15, 0.2) is 60.9 Å². The minimum absolute atomic E-state index is 0.286. The molecule has 1 aromatic heterocycles. The number of pyridine rings is 1. The van der Waals surface area contributed by atoms with E-state index in [2.05, 4.69) is 15.8 Å². The van der Waals surface area contributed by atoms with E-state index in [1.807, 2.05) is 19.1 Å². The maximum atomic E-state index is 12.6. The summed E-state index contributed by atoms with van der Waals surface area (Å²) in [6.45, 7) is 2.86. The summed E-state index contributed by atoms with van der Waals surface area (Å²) in [5.74, 6) is 0.834. The van der Waals surface area contributed by atoms with Gasteiger partial charge in [0.15, 0.2) is 23.0 Å². The number of hydrogen-bond donors (Lipinski definition) is 2. The minimum Gasteiger partial charge on any atom is -0.493 e. The maximum Gasteiger partial charge on any atom is 0.269 e. The molecule has 3 aromatic rings. The third kappa shape index (κ3) is 6.38. The normalized spacial score (nSPS) is 10.2. The van der Waals surface area contributed by atoms with Crippen molar-refractivity contribution in [3.05, 3.63) is 77.6 Å². The molecule has 0 aliphatic rings. The van der Waals surface area contributed by atoms with Crippen molar-refractivity contribution in [1.29, 1.82) is 0 Å². The van der Waals surface area contributed by atoms with Gasteiger partial charge in [0, 0.05) is 23.5 Å². The molecular formula is C25H27N3O6. The summed E-state index contributed by atoms with van der Waals surface area (Å²) in [7, 11) is 2.98. The Hall–Kier alpha value is -4.27. The first kappa shape index (κ1) is 24.4. The summed E-state index contributed by atoms with van der Waals surface area (Å²) in [4.78, 5) is 29.0. The van der Waals surface area contributed by atoms with Crippen LogP contribution < -0.4 is 29.8 Å². The highest BCUT2D eigenvalue weighted by molar-refractivity contribution is 5.99. The van der Waals surface area contributed by atoms with Crippen molar-refractivity contribution < 1.29 is 28.5 Å². The van der Waals surface area contributed by atoms with Gasteiger partial charge < -0.3 is 18.9 Å². The van der Waals surface area contributed by atoms with Crippen molar-refractivity contribution in [2.75, 3.05) is 20.8 Å². The fraction of sp³-hybridized carbons (Fsp3) is 0.240. The summed E-state index contributed by atoms with van der Waals surface area (Å²) in [6, 6.07) is 13.2. The Kier molecular flexibility index (Phi) is 8.67. The van der Waals surface area contributed by atoms with Gasteiger partial charge in [0.2, 0.25) is 0 Å². The zero-order chi connectivity index (χ0) is 24.3. The fourth-order valence-corrected chi connectivity index (χ4v) is 2.97. The van der Waals surface area contributed by atoms with Gasteiger partial charge in [0.25, 0.3) is 11.8 Å². The zero-order valence-electron chi connectivity index (χ0n) is 19.3. The summed E-state index contributed by atoms with van der Waals surface area (Å²) < 4.78 is 22.0. The molecule has 34 heavy (non-hydrogen) atoms. The first-order valence-corrected chi connectivity index (χ1v) is 10.7. The molecule has 0 bridgehead atoms. The van der Waals surface area contributed by atoms with Crippen LogP contribution in [0.5, 0.6) is 23.0 Å². The lowest BCUT2D eigenvalue weighted by atomic mass is 10.2. The Morgan fingerprint density at radius 3 is 1.79 bits per heavy atom. The number of benzene rings is 2. The molecule has 0 aliphatic carbocycles. The van der Waals surface area contributed by atoms with Gasteiger partial charge >= 0.3 is 0 Å². The lowest BCUT2D eigenvalue weighted by Crippen LogP contribution is -2.41. The van der Waals surface area contributed by atoms with E-state index in [0.29, 0.717) is 41.8 Å². The standard InChI is InChI=1S/C25H27N3O6/c1-4-13-33-20-7-5-18(14-22(20)31-2)24(29)27-28-25(30)19-6-8-21(23(15-19)32-3)34-16-17-9-11-26-12-10-17/h5-12,14-15H,4,13,16H2,1-3H3,(H,27,29)(H,28,30). The van der Waals surface area contributed by atoms with Crippen molar-refractivity contribution in [2.24, 2.45) is 0 Å². The third-order valence-corrected chi connectivity index (χ3v) is 4.75. The highest BCUT2D eigenvalue weighted by Crippen LogP contribution is 2.29. The highest BCUT2D eigenvalue weighted by Gasteiger charge is 2.15. The number of amides is 2. The number of ether oxygens (including phenoxy) is 4.